The molecule has 0 spiro atoms. The molecule has 2 heterocycles. The first-order valence-corrected chi connectivity index (χ1v) is 9.91. The average molecular weight is 395 g/mol. The van der Waals surface area contributed by atoms with E-state index in [4.69, 9.17) is 9.15 Å². The largest absolute Gasteiger partial charge is 0.497 e. The molecule has 0 bridgehead atoms. The number of anilines is 1. The van der Waals surface area contributed by atoms with Crippen molar-refractivity contribution in [2.75, 3.05) is 38.2 Å². The molecule has 2 aromatic carbocycles. The zero-order valence-electron chi connectivity index (χ0n) is 16.5. The van der Waals surface area contributed by atoms with Crippen molar-refractivity contribution in [3.63, 3.8) is 0 Å². The lowest BCUT2D eigenvalue weighted by Crippen LogP contribution is -2.48. The Balaban J connectivity index is 1.29. The summed E-state index contributed by atoms with van der Waals surface area (Å²) < 4.78 is 12.1. The van der Waals surface area contributed by atoms with Gasteiger partial charge in [0, 0.05) is 50.9 Å². The molecule has 7 nitrogen and oxygen atoms in total. The van der Waals surface area contributed by atoms with Gasteiger partial charge in [0.2, 0.25) is 5.91 Å². The second-order valence-corrected chi connectivity index (χ2v) is 7.16. The molecule has 7 heteroatoms. The normalized spacial score (nSPS) is 14.4. The number of fused-ring (bicyclic) bond motifs is 1. The van der Waals surface area contributed by atoms with E-state index in [9.17, 15) is 9.59 Å². The van der Waals surface area contributed by atoms with Gasteiger partial charge in [-0.2, -0.15) is 0 Å². The number of hydrogen-bond donors (Lipinski definition) is 0. The first kappa shape index (κ1) is 19.1. The summed E-state index contributed by atoms with van der Waals surface area (Å²) in [6.07, 6.45) is 1.03. The number of piperazine rings is 1. The maximum Gasteiger partial charge on any atom is 0.419 e. The van der Waals surface area contributed by atoms with Gasteiger partial charge in [-0.15, -0.1) is 0 Å². The number of rotatable bonds is 6. The third-order valence-electron chi connectivity index (χ3n) is 5.40. The van der Waals surface area contributed by atoms with Crippen LogP contribution in [-0.4, -0.2) is 48.7 Å². The molecule has 1 aliphatic rings. The Morgan fingerprint density at radius 2 is 1.86 bits per heavy atom. The Morgan fingerprint density at radius 3 is 2.66 bits per heavy atom. The van der Waals surface area contributed by atoms with Crippen molar-refractivity contribution in [1.29, 1.82) is 0 Å². The molecule has 0 atom stereocenters. The predicted molar refractivity (Wildman–Crippen MR) is 111 cm³/mol. The molecule has 0 radical (unpaired) electrons. The number of aromatic nitrogens is 1. The minimum atomic E-state index is -0.370. The minimum absolute atomic E-state index is 0.135. The molecule has 1 aliphatic heterocycles. The van der Waals surface area contributed by atoms with Crippen LogP contribution >= 0.6 is 0 Å². The van der Waals surface area contributed by atoms with Crippen LogP contribution in [0.4, 0.5) is 5.69 Å². The molecule has 1 aromatic heterocycles. The van der Waals surface area contributed by atoms with Crippen molar-refractivity contribution in [3.8, 4) is 5.75 Å². The van der Waals surface area contributed by atoms with Crippen molar-refractivity contribution in [2.24, 2.45) is 0 Å². The van der Waals surface area contributed by atoms with E-state index in [0.29, 0.717) is 38.1 Å². The Bertz CT molecular complexity index is 1050. The molecular formula is C22H25N3O4. The van der Waals surface area contributed by atoms with Crippen molar-refractivity contribution in [3.05, 3.63) is 59.1 Å². The summed E-state index contributed by atoms with van der Waals surface area (Å²) in [6.45, 7) is 3.47. The van der Waals surface area contributed by atoms with Gasteiger partial charge in [0.15, 0.2) is 5.58 Å². The average Bonchev–Trinajstić information content (AvgIpc) is 3.09. The first-order valence-electron chi connectivity index (χ1n) is 9.91. The summed E-state index contributed by atoms with van der Waals surface area (Å²) in [5.41, 5.74) is 2.47. The number of nitrogens with zero attached hydrogens (tertiary/aromatic N) is 3. The summed E-state index contributed by atoms with van der Waals surface area (Å²) in [4.78, 5) is 28.8. The number of benzene rings is 2. The fourth-order valence-corrected chi connectivity index (χ4v) is 3.79. The molecule has 152 valence electrons. The topological polar surface area (TPSA) is 67.9 Å². The van der Waals surface area contributed by atoms with Crippen LogP contribution in [0.5, 0.6) is 5.75 Å². The predicted octanol–water partition coefficient (Wildman–Crippen LogP) is 2.73. The minimum Gasteiger partial charge on any atom is -0.497 e. The van der Waals surface area contributed by atoms with Gasteiger partial charge in [-0.05, 0) is 30.7 Å². The van der Waals surface area contributed by atoms with Crippen LogP contribution in [-0.2, 0) is 11.3 Å². The Labute approximate surface area is 169 Å². The number of aryl methyl sites for hydroxylation is 1. The van der Waals surface area contributed by atoms with Crippen LogP contribution in [0.15, 0.2) is 57.7 Å². The van der Waals surface area contributed by atoms with Crippen molar-refractivity contribution >= 4 is 22.7 Å². The molecular weight excluding hydrogens is 370 g/mol. The summed E-state index contributed by atoms with van der Waals surface area (Å²) in [5, 5.41) is 0. The lowest BCUT2D eigenvalue weighted by molar-refractivity contribution is -0.131. The fraction of sp³-hybridized carbons (Fsp3) is 0.364. The van der Waals surface area contributed by atoms with Gasteiger partial charge in [0.1, 0.15) is 5.75 Å². The number of oxazole rings is 1. The van der Waals surface area contributed by atoms with Gasteiger partial charge in [-0.3, -0.25) is 9.36 Å². The maximum absolute atomic E-state index is 12.6. The number of ether oxygens (including phenoxy) is 1. The molecule has 1 fully saturated rings. The molecule has 1 saturated heterocycles. The third-order valence-corrected chi connectivity index (χ3v) is 5.40. The van der Waals surface area contributed by atoms with E-state index < -0.39 is 0 Å². The molecule has 4 rings (SSSR count). The van der Waals surface area contributed by atoms with E-state index in [2.05, 4.69) is 11.0 Å². The van der Waals surface area contributed by atoms with Crippen LogP contribution in [0.2, 0.25) is 0 Å². The van der Waals surface area contributed by atoms with Crippen LogP contribution in [0.25, 0.3) is 11.1 Å². The van der Waals surface area contributed by atoms with E-state index in [1.165, 1.54) is 0 Å². The van der Waals surface area contributed by atoms with E-state index in [1.54, 1.807) is 17.7 Å². The quantitative estimate of drug-likeness (QED) is 0.642. The zero-order valence-corrected chi connectivity index (χ0v) is 16.5. The van der Waals surface area contributed by atoms with Crippen LogP contribution < -0.4 is 15.4 Å². The fourth-order valence-electron chi connectivity index (χ4n) is 3.79. The summed E-state index contributed by atoms with van der Waals surface area (Å²) in [5.74, 6) is 0.602. The highest BCUT2D eigenvalue weighted by Gasteiger charge is 2.21. The SMILES string of the molecule is COc1cccc(N2CCN(C(=O)CCCn3c(=O)oc4ccccc43)CC2)c1. The van der Waals surface area contributed by atoms with Crippen molar-refractivity contribution < 1.29 is 13.9 Å². The zero-order chi connectivity index (χ0) is 20.2. The van der Waals surface area contributed by atoms with Crippen LogP contribution in [0, 0.1) is 0 Å². The number of hydrogen-bond acceptors (Lipinski definition) is 5. The number of carbonyl (C=O) groups excluding carboxylic acids is 1. The Morgan fingerprint density at radius 1 is 1.07 bits per heavy atom. The smallest absolute Gasteiger partial charge is 0.419 e. The van der Waals surface area contributed by atoms with Gasteiger partial charge in [0.05, 0.1) is 12.6 Å². The maximum atomic E-state index is 12.6. The molecule has 0 aliphatic carbocycles. The molecule has 1 amide bonds. The number of methoxy groups -OCH3 is 1. The third kappa shape index (κ3) is 4.13. The van der Waals surface area contributed by atoms with Gasteiger partial charge >= 0.3 is 5.76 Å². The monoisotopic (exact) mass is 395 g/mol. The van der Waals surface area contributed by atoms with E-state index >= 15 is 0 Å². The number of amides is 1. The highest BCUT2D eigenvalue weighted by Crippen LogP contribution is 2.22. The Kier molecular flexibility index (Phi) is 5.55. The van der Waals surface area contributed by atoms with Gasteiger partial charge in [-0.1, -0.05) is 18.2 Å². The summed E-state index contributed by atoms with van der Waals surface area (Å²) in [6, 6.07) is 15.3. The number of carbonyl (C=O) groups is 1. The lowest BCUT2D eigenvalue weighted by Gasteiger charge is -2.36. The molecule has 3 aromatic rings. The van der Waals surface area contributed by atoms with E-state index in [0.717, 1.165) is 30.0 Å². The molecule has 0 saturated carbocycles. The van der Waals surface area contributed by atoms with Gasteiger partial charge < -0.3 is 19.0 Å². The second-order valence-electron chi connectivity index (χ2n) is 7.16. The van der Waals surface area contributed by atoms with Crippen molar-refractivity contribution in [2.45, 2.75) is 19.4 Å². The highest BCUT2D eigenvalue weighted by atomic mass is 16.5. The lowest BCUT2D eigenvalue weighted by atomic mass is 10.2. The van der Waals surface area contributed by atoms with Crippen LogP contribution in [0.1, 0.15) is 12.8 Å². The number of para-hydroxylation sites is 2. The Hall–Kier alpha value is -3.22. The molecule has 29 heavy (non-hydrogen) atoms. The van der Waals surface area contributed by atoms with E-state index in [1.807, 2.05) is 41.3 Å². The first-order chi connectivity index (χ1) is 14.2. The summed E-state index contributed by atoms with van der Waals surface area (Å²) >= 11 is 0. The highest BCUT2D eigenvalue weighted by molar-refractivity contribution is 5.76. The van der Waals surface area contributed by atoms with Gasteiger partial charge in [-0.25, -0.2) is 4.79 Å². The van der Waals surface area contributed by atoms with Gasteiger partial charge in [0.25, 0.3) is 0 Å². The standard InChI is InChI=1S/C22H25N3O4/c1-28-18-7-4-6-17(16-18)23-12-14-24(15-13-23)21(26)10-5-11-25-19-8-2-3-9-20(19)29-22(25)27/h2-4,6-9,16H,5,10-15H2,1H3. The molecule has 0 unspecified atom stereocenters. The van der Waals surface area contributed by atoms with Crippen LogP contribution in [0.3, 0.4) is 0 Å². The molecule has 0 N–H and O–H groups in total. The summed E-state index contributed by atoms with van der Waals surface area (Å²) in [7, 11) is 1.66. The second kappa shape index (κ2) is 8.43. The van der Waals surface area contributed by atoms with E-state index in [-0.39, 0.29) is 11.7 Å². The van der Waals surface area contributed by atoms with Crippen molar-refractivity contribution in [1.82, 2.24) is 9.47 Å².